The van der Waals surface area contributed by atoms with E-state index >= 15 is 0 Å². The number of aromatic nitrogens is 4. The summed E-state index contributed by atoms with van der Waals surface area (Å²) in [5.41, 5.74) is 10.8. The molecule has 0 radical (unpaired) electrons. The molecule has 2 aromatic carbocycles. The minimum absolute atomic E-state index is 0.238. The van der Waals surface area contributed by atoms with Crippen LogP contribution in [0.25, 0.3) is 44.7 Å². The third-order valence-corrected chi connectivity index (χ3v) is 8.51. The molecule has 1 fully saturated rings. The number of anilines is 2. The predicted octanol–water partition coefficient (Wildman–Crippen LogP) is 6.18. The Morgan fingerprint density at radius 2 is 1.83 bits per heavy atom. The van der Waals surface area contributed by atoms with Crippen LogP contribution >= 0.6 is 0 Å². The van der Waals surface area contributed by atoms with Crippen molar-refractivity contribution in [2.45, 2.75) is 26.8 Å². The molecule has 5 aromatic rings. The highest BCUT2D eigenvalue weighted by atomic mass is 16.1. The van der Waals surface area contributed by atoms with Gasteiger partial charge in [0.2, 0.25) is 5.91 Å². The lowest BCUT2D eigenvalue weighted by atomic mass is 9.94. The molecule has 42 heavy (non-hydrogen) atoms. The highest BCUT2D eigenvalue weighted by Gasteiger charge is 2.23. The molecule has 0 spiro atoms. The van der Waals surface area contributed by atoms with E-state index in [1.54, 1.807) is 6.33 Å². The van der Waals surface area contributed by atoms with E-state index in [0.29, 0.717) is 6.04 Å². The number of nitrogens with zero attached hydrogens (tertiary/aromatic N) is 5. The van der Waals surface area contributed by atoms with Crippen LogP contribution in [0.2, 0.25) is 0 Å². The maximum Gasteiger partial charge on any atom is 0.247 e. The predicted molar refractivity (Wildman–Crippen MR) is 172 cm³/mol. The Hall–Kier alpha value is -4.69. The Morgan fingerprint density at radius 1 is 1.07 bits per heavy atom. The number of likely N-dealkylation sites (N-methyl/N-ethyl adjacent to an activating group) is 1. The average molecular weight is 560 g/mol. The SMILES string of the molecule is C=CC(=O)Nc1cc(-c2c(-c3ccc(N4CCN(C)[C@@H](C)C4)cc3)[nH]c3ncc(-c4cn(C)cn4)c(C)c23)ccc1C. The lowest BCUT2D eigenvalue weighted by Crippen LogP contribution is -2.50. The molecule has 0 bridgehead atoms. The van der Waals surface area contributed by atoms with E-state index in [1.165, 1.54) is 11.8 Å². The molecule has 1 aliphatic rings. The van der Waals surface area contributed by atoms with Crippen LogP contribution in [0.4, 0.5) is 11.4 Å². The van der Waals surface area contributed by atoms with Crippen molar-refractivity contribution >= 4 is 28.3 Å². The number of hydrogen-bond acceptors (Lipinski definition) is 5. The summed E-state index contributed by atoms with van der Waals surface area (Å²) >= 11 is 0. The van der Waals surface area contributed by atoms with Crippen LogP contribution in [0.1, 0.15) is 18.1 Å². The minimum Gasteiger partial charge on any atom is -0.369 e. The summed E-state index contributed by atoms with van der Waals surface area (Å²) in [5.74, 6) is -0.238. The smallest absolute Gasteiger partial charge is 0.247 e. The molecular weight excluding hydrogens is 522 g/mol. The Labute approximate surface area is 246 Å². The van der Waals surface area contributed by atoms with Gasteiger partial charge in [0.25, 0.3) is 0 Å². The van der Waals surface area contributed by atoms with Crippen LogP contribution in [0, 0.1) is 13.8 Å². The second kappa shape index (κ2) is 10.9. The fourth-order valence-corrected chi connectivity index (χ4v) is 5.84. The van der Waals surface area contributed by atoms with Crippen molar-refractivity contribution in [2.24, 2.45) is 7.05 Å². The van der Waals surface area contributed by atoms with E-state index in [-0.39, 0.29) is 5.91 Å². The number of aryl methyl sites for hydroxylation is 3. The first-order chi connectivity index (χ1) is 20.2. The van der Waals surface area contributed by atoms with Crippen LogP contribution in [0.5, 0.6) is 0 Å². The van der Waals surface area contributed by atoms with Crippen molar-refractivity contribution in [3.05, 3.63) is 85.0 Å². The molecule has 1 aliphatic heterocycles. The molecule has 0 aliphatic carbocycles. The fourth-order valence-electron chi connectivity index (χ4n) is 5.84. The van der Waals surface area contributed by atoms with Crippen molar-refractivity contribution in [1.82, 2.24) is 24.4 Å². The number of nitrogens with one attached hydrogen (secondary N) is 2. The Kier molecular flexibility index (Phi) is 7.16. The molecule has 0 unspecified atom stereocenters. The van der Waals surface area contributed by atoms with Gasteiger partial charge in [0, 0.05) is 73.0 Å². The molecule has 8 nitrogen and oxygen atoms in total. The number of pyridine rings is 1. The number of piperazine rings is 1. The summed E-state index contributed by atoms with van der Waals surface area (Å²) in [4.78, 5) is 30.2. The number of H-pyrrole nitrogens is 1. The minimum atomic E-state index is -0.238. The molecular formula is C34H37N7O. The van der Waals surface area contributed by atoms with Crippen molar-refractivity contribution < 1.29 is 4.79 Å². The number of aromatic amines is 1. The van der Waals surface area contributed by atoms with Crippen molar-refractivity contribution in [3.8, 4) is 33.6 Å². The van der Waals surface area contributed by atoms with Gasteiger partial charge in [-0.1, -0.05) is 30.8 Å². The number of imidazole rings is 1. The third kappa shape index (κ3) is 4.99. The molecule has 2 N–H and O–H groups in total. The molecule has 1 saturated heterocycles. The largest absolute Gasteiger partial charge is 0.369 e. The number of amides is 1. The van der Waals surface area contributed by atoms with Gasteiger partial charge in [0.15, 0.2) is 0 Å². The van der Waals surface area contributed by atoms with E-state index in [2.05, 4.69) is 82.9 Å². The van der Waals surface area contributed by atoms with Gasteiger partial charge in [-0.25, -0.2) is 9.97 Å². The van der Waals surface area contributed by atoms with Crippen LogP contribution in [-0.4, -0.2) is 63.0 Å². The zero-order valence-corrected chi connectivity index (χ0v) is 24.9. The first kappa shape index (κ1) is 27.5. The van der Waals surface area contributed by atoms with Crippen LogP contribution < -0.4 is 10.2 Å². The van der Waals surface area contributed by atoms with E-state index in [1.807, 2.05) is 43.1 Å². The number of carbonyl (C=O) groups excluding carboxylic acids is 1. The van der Waals surface area contributed by atoms with E-state index < -0.39 is 0 Å². The van der Waals surface area contributed by atoms with Crippen LogP contribution in [0.15, 0.2) is 73.8 Å². The Morgan fingerprint density at radius 3 is 2.52 bits per heavy atom. The molecule has 214 valence electrons. The Balaban J connectivity index is 1.51. The molecule has 0 saturated carbocycles. The van der Waals surface area contributed by atoms with E-state index in [9.17, 15) is 4.79 Å². The summed E-state index contributed by atoms with van der Waals surface area (Å²) in [7, 11) is 4.16. The van der Waals surface area contributed by atoms with Gasteiger partial charge in [-0.3, -0.25) is 4.79 Å². The summed E-state index contributed by atoms with van der Waals surface area (Å²) in [6.45, 7) is 13.1. The molecule has 3 aromatic heterocycles. The van der Waals surface area contributed by atoms with Crippen molar-refractivity contribution in [2.75, 3.05) is 36.9 Å². The Bertz CT molecular complexity index is 1800. The third-order valence-electron chi connectivity index (χ3n) is 8.51. The summed E-state index contributed by atoms with van der Waals surface area (Å²) in [6, 6.07) is 15.5. The van der Waals surface area contributed by atoms with Crippen LogP contribution in [-0.2, 0) is 11.8 Å². The van der Waals surface area contributed by atoms with Gasteiger partial charge in [0.05, 0.1) is 17.7 Å². The molecule has 1 atom stereocenters. The van der Waals surface area contributed by atoms with Gasteiger partial charge >= 0.3 is 0 Å². The highest BCUT2D eigenvalue weighted by Crippen LogP contribution is 2.42. The molecule has 6 rings (SSSR count). The lowest BCUT2D eigenvalue weighted by Gasteiger charge is -2.39. The quantitative estimate of drug-likeness (QED) is 0.243. The van der Waals surface area contributed by atoms with Gasteiger partial charge < -0.3 is 24.7 Å². The van der Waals surface area contributed by atoms with Gasteiger partial charge in [0.1, 0.15) is 5.65 Å². The monoisotopic (exact) mass is 559 g/mol. The second-order valence-electron chi connectivity index (χ2n) is 11.4. The highest BCUT2D eigenvalue weighted by molar-refractivity contribution is 6.07. The number of rotatable bonds is 6. The van der Waals surface area contributed by atoms with Crippen molar-refractivity contribution in [1.29, 1.82) is 0 Å². The zero-order chi connectivity index (χ0) is 29.5. The second-order valence-corrected chi connectivity index (χ2v) is 11.4. The molecule has 4 heterocycles. The number of hydrogen-bond donors (Lipinski definition) is 2. The van der Waals surface area contributed by atoms with E-state index in [4.69, 9.17) is 4.98 Å². The average Bonchev–Trinajstić information content (AvgIpc) is 3.60. The zero-order valence-electron chi connectivity index (χ0n) is 24.9. The summed E-state index contributed by atoms with van der Waals surface area (Å²) < 4.78 is 1.94. The first-order valence-electron chi connectivity index (χ1n) is 14.3. The lowest BCUT2D eigenvalue weighted by molar-refractivity contribution is -0.111. The van der Waals surface area contributed by atoms with Gasteiger partial charge in [-0.05, 0) is 74.3 Å². The van der Waals surface area contributed by atoms with Crippen LogP contribution in [0.3, 0.4) is 0 Å². The number of benzene rings is 2. The summed E-state index contributed by atoms with van der Waals surface area (Å²) in [6.07, 6.45) is 7.00. The standard InChI is InChI=1S/C34H37N7O/c1-7-30(42)37-28-16-25(9-8-21(28)2)32-31-23(4)27(29-19-39(5)20-36-29)17-35-34(31)38-33(32)24-10-12-26(13-11-24)41-15-14-40(6)22(3)18-41/h7-13,16-17,19-20,22H,1,14-15,18H2,2-6H3,(H,35,38)(H,37,42)/t22-/m0/s1. The van der Waals surface area contributed by atoms with E-state index in [0.717, 1.165) is 81.1 Å². The molecule has 1 amide bonds. The maximum atomic E-state index is 12.2. The summed E-state index contributed by atoms with van der Waals surface area (Å²) in [5, 5.41) is 4.01. The normalized spacial score (nSPS) is 15.7. The van der Waals surface area contributed by atoms with Crippen molar-refractivity contribution in [3.63, 3.8) is 0 Å². The first-order valence-corrected chi connectivity index (χ1v) is 14.3. The molecule has 8 heteroatoms. The van der Waals surface area contributed by atoms with Gasteiger partial charge in [-0.2, -0.15) is 0 Å². The number of carbonyl (C=O) groups is 1. The fraction of sp³-hybridized carbons (Fsp3) is 0.265. The van der Waals surface area contributed by atoms with Gasteiger partial charge in [-0.15, -0.1) is 0 Å². The topological polar surface area (TPSA) is 82.1 Å². The number of fused-ring (bicyclic) bond motifs is 1. The maximum absolute atomic E-state index is 12.2.